The predicted molar refractivity (Wildman–Crippen MR) is 102 cm³/mol. The zero-order valence-corrected chi connectivity index (χ0v) is 15.6. The molecule has 0 bridgehead atoms. The fourth-order valence-corrected chi connectivity index (χ4v) is 3.11. The molecule has 2 N–H and O–H groups in total. The standard InChI is InChI=1S/C19H18BrN3O3/c20-15-7-3-14(4-8-15)19(26)23(12-22-11-1-2-17(22)24)16-9-5-13(6-10-16)18(21)25/h3-10H,1-2,11-12H2,(H2,21,25). The summed E-state index contributed by atoms with van der Waals surface area (Å²) in [5.41, 5.74) is 6.75. The Morgan fingerprint density at radius 2 is 1.65 bits per heavy atom. The average Bonchev–Trinajstić information content (AvgIpc) is 3.04. The van der Waals surface area contributed by atoms with Crippen molar-refractivity contribution in [2.75, 3.05) is 18.1 Å². The van der Waals surface area contributed by atoms with Crippen molar-refractivity contribution in [3.05, 3.63) is 64.1 Å². The summed E-state index contributed by atoms with van der Waals surface area (Å²) >= 11 is 3.36. The van der Waals surface area contributed by atoms with E-state index in [9.17, 15) is 14.4 Å². The molecule has 1 saturated heterocycles. The van der Waals surface area contributed by atoms with E-state index in [1.807, 2.05) is 0 Å². The Kier molecular flexibility index (Phi) is 5.37. The van der Waals surface area contributed by atoms with Gasteiger partial charge in [0.25, 0.3) is 5.91 Å². The highest BCUT2D eigenvalue weighted by Gasteiger charge is 2.26. The Hall–Kier alpha value is -2.67. The Morgan fingerprint density at radius 1 is 1.04 bits per heavy atom. The van der Waals surface area contributed by atoms with Crippen LogP contribution in [0.25, 0.3) is 0 Å². The van der Waals surface area contributed by atoms with Crippen LogP contribution in [0, 0.1) is 0 Å². The lowest BCUT2D eigenvalue weighted by Crippen LogP contribution is -2.42. The highest BCUT2D eigenvalue weighted by atomic mass is 79.9. The molecule has 3 amide bonds. The van der Waals surface area contributed by atoms with Crippen molar-refractivity contribution < 1.29 is 14.4 Å². The molecule has 0 unspecified atom stereocenters. The second-order valence-electron chi connectivity index (χ2n) is 6.05. The van der Waals surface area contributed by atoms with Crippen LogP contribution in [0.15, 0.2) is 53.0 Å². The topological polar surface area (TPSA) is 83.7 Å². The third kappa shape index (κ3) is 3.94. The SMILES string of the molecule is NC(=O)c1ccc(N(CN2CCCC2=O)C(=O)c2ccc(Br)cc2)cc1. The number of hydrogen-bond acceptors (Lipinski definition) is 3. The summed E-state index contributed by atoms with van der Waals surface area (Å²) in [6.07, 6.45) is 1.29. The number of nitrogens with two attached hydrogens (primary N) is 1. The Bertz CT molecular complexity index is 834. The number of likely N-dealkylation sites (tertiary alicyclic amines) is 1. The Labute approximate surface area is 159 Å². The fraction of sp³-hybridized carbons (Fsp3) is 0.211. The summed E-state index contributed by atoms with van der Waals surface area (Å²) in [5.74, 6) is -0.714. The summed E-state index contributed by atoms with van der Waals surface area (Å²) in [7, 11) is 0. The number of benzene rings is 2. The number of halogens is 1. The minimum Gasteiger partial charge on any atom is -0.366 e. The first kappa shape index (κ1) is 18.1. The van der Waals surface area contributed by atoms with Crippen molar-refractivity contribution in [2.24, 2.45) is 5.73 Å². The molecule has 26 heavy (non-hydrogen) atoms. The van der Waals surface area contributed by atoms with E-state index in [-0.39, 0.29) is 18.5 Å². The highest BCUT2D eigenvalue weighted by molar-refractivity contribution is 9.10. The van der Waals surface area contributed by atoms with Crippen molar-refractivity contribution in [2.45, 2.75) is 12.8 Å². The number of amides is 3. The quantitative estimate of drug-likeness (QED) is 0.814. The lowest BCUT2D eigenvalue weighted by atomic mass is 10.1. The molecule has 0 spiro atoms. The summed E-state index contributed by atoms with van der Waals surface area (Å²) in [5, 5.41) is 0. The second-order valence-corrected chi connectivity index (χ2v) is 6.97. The van der Waals surface area contributed by atoms with Gasteiger partial charge in [0.1, 0.15) is 6.67 Å². The monoisotopic (exact) mass is 415 g/mol. The third-order valence-corrected chi connectivity index (χ3v) is 4.81. The van der Waals surface area contributed by atoms with Gasteiger partial charge in [0.05, 0.1) is 0 Å². The largest absolute Gasteiger partial charge is 0.366 e. The van der Waals surface area contributed by atoms with Gasteiger partial charge in [-0.3, -0.25) is 19.3 Å². The van der Waals surface area contributed by atoms with Crippen LogP contribution in [0.4, 0.5) is 5.69 Å². The molecule has 0 aromatic heterocycles. The first-order valence-corrected chi connectivity index (χ1v) is 9.00. The zero-order chi connectivity index (χ0) is 18.7. The van der Waals surface area contributed by atoms with Gasteiger partial charge in [0.15, 0.2) is 0 Å². The number of carbonyl (C=O) groups excluding carboxylic acids is 3. The molecular weight excluding hydrogens is 398 g/mol. The van der Waals surface area contributed by atoms with E-state index >= 15 is 0 Å². The van der Waals surface area contributed by atoms with E-state index < -0.39 is 5.91 Å². The second kappa shape index (κ2) is 7.70. The summed E-state index contributed by atoms with van der Waals surface area (Å²) in [4.78, 5) is 39.5. The molecule has 0 atom stereocenters. The molecule has 0 aliphatic carbocycles. The highest BCUT2D eigenvalue weighted by Crippen LogP contribution is 2.22. The van der Waals surface area contributed by atoms with Gasteiger partial charge in [-0.25, -0.2) is 0 Å². The van der Waals surface area contributed by atoms with Gasteiger partial charge in [-0.2, -0.15) is 0 Å². The third-order valence-electron chi connectivity index (χ3n) is 4.28. The van der Waals surface area contributed by atoms with Gasteiger partial charge in [-0.05, 0) is 55.0 Å². The summed E-state index contributed by atoms with van der Waals surface area (Å²) in [6, 6.07) is 13.5. The van der Waals surface area contributed by atoms with Crippen LogP contribution in [0.5, 0.6) is 0 Å². The number of rotatable bonds is 5. The van der Waals surface area contributed by atoms with Crippen LogP contribution in [-0.2, 0) is 4.79 Å². The molecule has 1 heterocycles. The number of carbonyl (C=O) groups is 3. The van der Waals surface area contributed by atoms with Crippen LogP contribution < -0.4 is 10.6 Å². The molecule has 2 aromatic rings. The van der Waals surface area contributed by atoms with E-state index in [2.05, 4.69) is 15.9 Å². The minimum absolute atomic E-state index is 0.0346. The van der Waals surface area contributed by atoms with Gasteiger partial charge >= 0.3 is 0 Å². The van der Waals surface area contributed by atoms with E-state index in [0.29, 0.717) is 29.8 Å². The van der Waals surface area contributed by atoms with Crippen LogP contribution in [0.3, 0.4) is 0 Å². The lowest BCUT2D eigenvalue weighted by molar-refractivity contribution is -0.127. The Balaban J connectivity index is 1.92. The number of nitrogens with zero attached hydrogens (tertiary/aromatic N) is 2. The molecule has 3 rings (SSSR count). The van der Waals surface area contributed by atoms with Gasteiger partial charge in [0.2, 0.25) is 11.8 Å². The molecular formula is C19H18BrN3O3. The minimum atomic E-state index is -0.531. The van der Waals surface area contributed by atoms with Gasteiger partial charge < -0.3 is 10.6 Å². The fourth-order valence-electron chi connectivity index (χ4n) is 2.84. The maximum absolute atomic E-state index is 13.1. The van der Waals surface area contributed by atoms with Gasteiger partial charge in [-0.1, -0.05) is 15.9 Å². The van der Waals surface area contributed by atoms with Gasteiger partial charge in [0, 0.05) is 34.3 Å². The van der Waals surface area contributed by atoms with E-state index in [1.54, 1.807) is 53.4 Å². The lowest BCUT2D eigenvalue weighted by Gasteiger charge is -2.28. The predicted octanol–water partition coefficient (Wildman–Crippen LogP) is 2.77. The summed E-state index contributed by atoms with van der Waals surface area (Å²) < 4.78 is 0.876. The van der Waals surface area contributed by atoms with Crippen molar-refractivity contribution in [1.29, 1.82) is 0 Å². The smallest absolute Gasteiger partial charge is 0.259 e. The maximum atomic E-state index is 13.1. The molecule has 6 nitrogen and oxygen atoms in total. The first-order valence-electron chi connectivity index (χ1n) is 8.21. The number of hydrogen-bond donors (Lipinski definition) is 1. The van der Waals surface area contributed by atoms with E-state index in [1.165, 1.54) is 4.90 Å². The normalized spacial score (nSPS) is 13.7. The molecule has 0 saturated carbocycles. The van der Waals surface area contributed by atoms with Crippen LogP contribution >= 0.6 is 15.9 Å². The zero-order valence-electron chi connectivity index (χ0n) is 14.0. The molecule has 134 valence electrons. The van der Waals surface area contributed by atoms with Crippen LogP contribution in [0.2, 0.25) is 0 Å². The molecule has 7 heteroatoms. The maximum Gasteiger partial charge on any atom is 0.259 e. The Morgan fingerprint density at radius 3 is 2.19 bits per heavy atom. The van der Waals surface area contributed by atoms with E-state index in [0.717, 1.165) is 10.9 Å². The van der Waals surface area contributed by atoms with Crippen molar-refractivity contribution >= 4 is 39.3 Å². The van der Waals surface area contributed by atoms with Crippen molar-refractivity contribution in [1.82, 2.24) is 4.90 Å². The molecule has 2 aromatic carbocycles. The van der Waals surface area contributed by atoms with Crippen molar-refractivity contribution in [3.8, 4) is 0 Å². The number of anilines is 1. The van der Waals surface area contributed by atoms with Gasteiger partial charge in [-0.15, -0.1) is 0 Å². The van der Waals surface area contributed by atoms with Crippen LogP contribution in [-0.4, -0.2) is 35.8 Å². The molecule has 1 aliphatic heterocycles. The molecule has 1 aliphatic rings. The molecule has 0 radical (unpaired) electrons. The van der Waals surface area contributed by atoms with E-state index in [4.69, 9.17) is 5.73 Å². The van der Waals surface area contributed by atoms with Crippen LogP contribution in [0.1, 0.15) is 33.6 Å². The average molecular weight is 416 g/mol. The summed E-state index contributed by atoms with van der Waals surface area (Å²) in [6.45, 7) is 0.798. The first-order chi connectivity index (χ1) is 12.5. The number of primary amides is 1. The van der Waals surface area contributed by atoms with Crippen molar-refractivity contribution in [3.63, 3.8) is 0 Å². The molecule has 1 fully saturated rings.